The number of rotatable bonds is 7. The lowest BCUT2D eigenvalue weighted by atomic mass is 10.0. The molecule has 1 aliphatic rings. The molecule has 0 spiro atoms. The van der Waals surface area contributed by atoms with Gasteiger partial charge in [-0.05, 0) is 12.3 Å². The molecule has 0 aromatic carbocycles. The van der Waals surface area contributed by atoms with Crippen LogP contribution in [0.1, 0.15) is 38.5 Å². The lowest BCUT2D eigenvalue weighted by molar-refractivity contribution is -0.129. The summed E-state index contributed by atoms with van der Waals surface area (Å²) in [6, 6.07) is 0. The maximum Gasteiger partial charge on any atom is 0.257 e. The van der Waals surface area contributed by atoms with Crippen LogP contribution in [0.15, 0.2) is 0 Å². The van der Waals surface area contributed by atoms with Crippen LogP contribution < -0.4 is 16.4 Å². The van der Waals surface area contributed by atoms with Gasteiger partial charge in [-0.15, -0.1) is 0 Å². The molecule has 1 atom stereocenters. The zero-order chi connectivity index (χ0) is 13.4. The number of hydrogen-bond acceptors (Lipinski definition) is 4. The second-order valence-corrected chi connectivity index (χ2v) is 4.75. The van der Waals surface area contributed by atoms with E-state index in [1.165, 1.54) is 25.7 Å². The summed E-state index contributed by atoms with van der Waals surface area (Å²) in [4.78, 5) is 22.9. The molecule has 18 heavy (non-hydrogen) atoms. The Morgan fingerprint density at radius 2 is 2.00 bits per heavy atom. The van der Waals surface area contributed by atoms with Crippen LogP contribution in [0, 0.1) is 5.92 Å². The molecule has 0 aliphatic heterocycles. The number of aliphatic hydroxyl groups is 1. The van der Waals surface area contributed by atoms with E-state index in [0.29, 0.717) is 12.3 Å². The van der Waals surface area contributed by atoms with E-state index in [9.17, 15) is 9.59 Å². The standard InChI is InChI=1S/C12H23N3O3/c13-11(12(18)14-7-8-16)15-10(17)6-5-9-3-1-2-4-9/h9,11,16H,1-8,13H2,(H,14,18)(H,15,17). The summed E-state index contributed by atoms with van der Waals surface area (Å²) in [6.45, 7) is -0.00142. The molecule has 2 amide bonds. The van der Waals surface area contributed by atoms with Gasteiger partial charge < -0.3 is 21.5 Å². The highest BCUT2D eigenvalue weighted by Gasteiger charge is 2.18. The van der Waals surface area contributed by atoms with Gasteiger partial charge in [-0.2, -0.15) is 0 Å². The maximum absolute atomic E-state index is 11.6. The first-order valence-electron chi connectivity index (χ1n) is 6.57. The highest BCUT2D eigenvalue weighted by atomic mass is 16.3. The average Bonchev–Trinajstić information content (AvgIpc) is 2.86. The van der Waals surface area contributed by atoms with Crippen molar-refractivity contribution in [3.8, 4) is 0 Å². The van der Waals surface area contributed by atoms with Crippen molar-refractivity contribution in [1.29, 1.82) is 0 Å². The fourth-order valence-electron chi connectivity index (χ4n) is 2.23. The summed E-state index contributed by atoms with van der Waals surface area (Å²) >= 11 is 0. The molecule has 1 unspecified atom stereocenters. The van der Waals surface area contributed by atoms with Crippen LogP contribution in [0.2, 0.25) is 0 Å². The summed E-state index contributed by atoms with van der Waals surface area (Å²) < 4.78 is 0. The Hall–Kier alpha value is -1.14. The molecule has 6 heteroatoms. The number of carbonyl (C=O) groups excluding carboxylic acids is 2. The molecule has 104 valence electrons. The van der Waals surface area contributed by atoms with Gasteiger partial charge in [0.15, 0.2) is 6.17 Å². The molecule has 1 aliphatic carbocycles. The van der Waals surface area contributed by atoms with Crippen molar-refractivity contribution in [2.45, 2.75) is 44.7 Å². The summed E-state index contributed by atoms with van der Waals surface area (Å²) in [5, 5.41) is 13.4. The monoisotopic (exact) mass is 257 g/mol. The van der Waals surface area contributed by atoms with Crippen LogP contribution in [0.3, 0.4) is 0 Å². The van der Waals surface area contributed by atoms with E-state index in [1.54, 1.807) is 0 Å². The highest BCUT2D eigenvalue weighted by Crippen LogP contribution is 2.28. The molecular weight excluding hydrogens is 234 g/mol. The van der Waals surface area contributed by atoms with Crippen LogP contribution in [0.25, 0.3) is 0 Å². The third-order valence-electron chi connectivity index (χ3n) is 3.26. The fraction of sp³-hybridized carbons (Fsp3) is 0.833. The summed E-state index contributed by atoms with van der Waals surface area (Å²) in [6.07, 6.45) is 5.19. The molecule has 0 heterocycles. The summed E-state index contributed by atoms with van der Waals surface area (Å²) in [7, 11) is 0. The van der Waals surface area contributed by atoms with E-state index in [-0.39, 0.29) is 19.1 Å². The molecular formula is C12H23N3O3. The minimum atomic E-state index is -1.03. The third kappa shape index (κ3) is 5.46. The first kappa shape index (κ1) is 14.9. The van der Waals surface area contributed by atoms with Gasteiger partial charge in [0.25, 0.3) is 5.91 Å². The Balaban J connectivity index is 2.15. The third-order valence-corrected chi connectivity index (χ3v) is 3.26. The van der Waals surface area contributed by atoms with E-state index >= 15 is 0 Å². The van der Waals surface area contributed by atoms with Crippen molar-refractivity contribution in [1.82, 2.24) is 10.6 Å². The zero-order valence-corrected chi connectivity index (χ0v) is 10.7. The van der Waals surface area contributed by atoms with Gasteiger partial charge >= 0.3 is 0 Å². The van der Waals surface area contributed by atoms with Gasteiger partial charge in [0, 0.05) is 13.0 Å². The van der Waals surface area contributed by atoms with Crippen LogP contribution in [-0.2, 0) is 9.59 Å². The molecule has 5 N–H and O–H groups in total. The van der Waals surface area contributed by atoms with E-state index < -0.39 is 12.1 Å². The first-order chi connectivity index (χ1) is 8.63. The smallest absolute Gasteiger partial charge is 0.257 e. The highest BCUT2D eigenvalue weighted by molar-refractivity contribution is 5.86. The molecule has 0 aromatic heterocycles. The van der Waals surface area contributed by atoms with Crippen molar-refractivity contribution in [3.63, 3.8) is 0 Å². The van der Waals surface area contributed by atoms with E-state index in [0.717, 1.165) is 6.42 Å². The average molecular weight is 257 g/mol. The van der Waals surface area contributed by atoms with Gasteiger partial charge in [0.05, 0.1) is 6.61 Å². The van der Waals surface area contributed by atoms with Crippen molar-refractivity contribution in [2.24, 2.45) is 11.7 Å². The molecule has 1 rings (SSSR count). The Kier molecular flexibility index (Phi) is 6.67. The van der Waals surface area contributed by atoms with Gasteiger partial charge in [0.1, 0.15) is 0 Å². The molecule has 0 saturated heterocycles. The van der Waals surface area contributed by atoms with Crippen molar-refractivity contribution in [2.75, 3.05) is 13.2 Å². The lowest BCUT2D eigenvalue weighted by Gasteiger charge is -2.14. The van der Waals surface area contributed by atoms with Crippen LogP contribution in [0.4, 0.5) is 0 Å². The van der Waals surface area contributed by atoms with Gasteiger partial charge in [-0.25, -0.2) is 0 Å². The van der Waals surface area contributed by atoms with Gasteiger partial charge in [-0.1, -0.05) is 25.7 Å². The normalized spacial score (nSPS) is 17.4. The second kappa shape index (κ2) is 8.05. The summed E-state index contributed by atoms with van der Waals surface area (Å²) in [5.74, 6) is -0.0120. The van der Waals surface area contributed by atoms with E-state index in [2.05, 4.69) is 10.6 Å². The number of carbonyl (C=O) groups is 2. The number of hydrogen-bond donors (Lipinski definition) is 4. The van der Waals surface area contributed by atoms with Crippen LogP contribution in [-0.4, -0.2) is 36.2 Å². The molecule has 0 radical (unpaired) electrons. The van der Waals surface area contributed by atoms with Gasteiger partial charge in [-0.3, -0.25) is 9.59 Å². The van der Waals surface area contributed by atoms with Gasteiger partial charge in [0.2, 0.25) is 5.91 Å². The van der Waals surface area contributed by atoms with Crippen molar-refractivity contribution >= 4 is 11.8 Å². The minimum Gasteiger partial charge on any atom is -0.395 e. The molecule has 1 fully saturated rings. The topological polar surface area (TPSA) is 104 Å². The summed E-state index contributed by atoms with van der Waals surface area (Å²) in [5.41, 5.74) is 5.52. The van der Waals surface area contributed by atoms with Crippen LogP contribution >= 0.6 is 0 Å². The molecule has 1 saturated carbocycles. The van der Waals surface area contributed by atoms with Crippen molar-refractivity contribution in [3.05, 3.63) is 0 Å². The van der Waals surface area contributed by atoms with Crippen molar-refractivity contribution < 1.29 is 14.7 Å². The number of aliphatic hydroxyl groups excluding tert-OH is 1. The predicted molar refractivity (Wildman–Crippen MR) is 67.4 cm³/mol. The van der Waals surface area contributed by atoms with E-state index in [4.69, 9.17) is 10.8 Å². The lowest BCUT2D eigenvalue weighted by Crippen LogP contribution is -2.52. The minimum absolute atomic E-state index is 0.143. The molecule has 6 nitrogen and oxygen atoms in total. The molecule has 0 aromatic rings. The Morgan fingerprint density at radius 3 is 2.61 bits per heavy atom. The number of amides is 2. The Bertz CT molecular complexity index is 278. The Labute approximate surface area is 107 Å². The van der Waals surface area contributed by atoms with Crippen LogP contribution in [0.5, 0.6) is 0 Å². The SMILES string of the molecule is NC(NC(=O)CCC1CCCC1)C(=O)NCCO. The second-order valence-electron chi connectivity index (χ2n) is 4.75. The fourth-order valence-corrected chi connectivity index (χ4v) is 2.23. The predicted octanol–water partition coefficient (Wildman–Crippen LogP) is -0.534. The number of nitrogens with two attached hydrogens (primary N) is 1. The zero-order valence-electron chi connectivity index (χ0n) is 10.7. The first-order valence-corrected chi connectivity index (χ1v) is 6.57. The quantitative estimate of drug-likeness (QED) is 0.460. The largest absolute Gasteiger partial charge is 0.395 e. The number of nitrogens with one attached hydrogen (secondary N) is 2. The van der Waals surface area contributed by atoms with E-state index in [1.807, 2.05) is 0 Å². The Morgan fingerprint density at radius 1 is 1.33 bits per heavy atom. The molecule has 0 bridgehead atoms. The maximum atomic E-state index is 11.6.